The summed E-state index contributed by atoms with van der Waals surface area (Å²) in [5.41, 5.74) is 1.35. The third-order valence-corrected chi connectivity index (χ3v) is 3.80. The molecule has 0 spiro atoms. The number of hydrogen-bond acceptors (Lipinski definition) is 7. The van der Waals surface area contributed by atoms with E-state index in [0.29, 0.717) is 21.2 Å². The molecular formula is C13H10N6O2S. The molecule has 3 aromatic rings. The van der Waals surface area contributed by atoms with Crippen molar-refractivity contribution in [1.29, 1.82) is 0 Å². The summed E-state index contributed by atoms with van der Waals surface area (Å²) in [7, 11) is 0. The molecule has 0 radical (unpaired) electrons. The molecule has 0 atom stereocenters. The van der Waals surface area contributed by atoms with Gasteiger partial charge in [0, 0.05) is 18.3 Å². The molecule has 0 amide bonds. The number of aromatic nitrogens is 3. The Kier molecular flexibility index (Phi) is 3.62. The van der Waals surface area contributed by atoms with Gasteiger partial charge in [0.25, 0.3) is 5.69 Å². The molecule has 2 heterocycles. The number of hydrogen-bond donors (Lipinski definition) is 1. The first kappa shape index (κ1) is 13.9. The highest BCUT2D eigenvalue weighted by atomic mass is 32.1. The Morgan fingerprint density at radius 3 is 2.59 bits per heavy atom. The van der Waals surface area contributed by atoms with Crippen molar-refractivity contribution >= 4 is 17.0 Å². The summed E-state index contributed by atoms with van der Waals surface area (Å²) < 4.78 is 1.53. The Bertz CT molecular complexity index is 870. The molecule has 0 aliphatic carbocycles. The van der Waals surface area contributed by atoms with Crippen LogP contribution in [-0.2, 0) is 0 Å². The van der Waals surface area contributed by atoms with Crippen molar-refractivity contribution in [2.75, 3.05) is 0 Å². The summed E-state index contributed by atoms with van der Waals surface area (Å²) in [5.74, 6) is 5.40. The summed E-state index contributed by atoms with van der Waals surface area (Å²) in [4.78, 5) is 14.9. The number of nitrogens with zero attached hydrogens (tertiary/aromatic N) is 5. The number of pyridine rings is 1. The van der Waals surface area contributed by atoms with Crippen molar-refractivity contribution in [3.63, 3.8) is 0 Å². The van der Waals surface area contributed by atoms with Crippen molar-refractivity contribution in [1.82, 2.24) is 14.8 Å². The third-order valence-electron chi connectivity index (χ3n) is 2.86. The molecule has 3 rings (SSSR count). The first-order chi connectivity index (χ1) is 10.7. The molecule has 2 aromatic heterocycles. The Balaban J connectivity index is 2.07. The van der Waals surface area contributed by atoms with Crippen molar-refractivity contribution in [3.05, 3.63) is 63.6 Å². The molecule has 0 aliphatic rings. The van der Waals surface area contributed by atoms with E-state index in [0.717, 1.165) is 0 Å². The predicted octanol–water partition coefficient (Wildman–Crippen LogP) is 1.68. The van der Waals surface area contributed by atoms with Crippen molar-refractivity contribution in [3.8, 4) is 16.4 Å². The molecule has 0 unspecified atom stereocenters. The van der Waals surface area contributed by atoms with Gasteiger partial charge in [-0.25, -0.2) is 4.68 Å². The zero-order chi connectivity index (χ0) is 15.5. The van der Waals surface area contributed by atoms with Gasteiger partial charge in [0.1, 0.15) is 5.69 Å². The second-order valence-corrected chi connectivity index (χ2v) is 5.18. The quantitative estimate of drug-likeness (QED) is 0.449. The van der Waals surface area contributed by atoms with E-state index in [-0.39, 0.29) is 5.69 Å². The first-order valence-electron chi connectivity index (χ1n) is 6.19. The highest BCUT2D eigenvalue weighted by Gasteiger charge is 2.11. The molecule has 22 heavy (non-hydrogen) atoms. The first-order valence-corrected chi connectivity index (χ1v) is 7.01. The minimum absolute atomic E-state index is 0.00997. The van der Waals surface area contributed by atoms with Crippen LogP contribution < -0.4 is 10.6 Å². The van der Waals surface area contributed by atoms with Crippen LogP contribution in [0.15, 0.2) is 53.8 Å². The van der Waals surface area contributed by atoms with E-state index < -0.39 is 4.92 Å². The highest BCUT2D eigenvalue weighted by Crippen LogP contribution is 2.19. The maximum Gasteiger partial charge on any atom is 0.269 e. The molecule has 110 valence electrons. The lowest BCUT2D eigenvalue weighted by Crippen LogP contribution is -2.16. The fraction of sp³-hybridized carbons (Fsp3) is 0. The molecule has 1 aromatic carbocycles. The second kappa shape index (κ2) is 5.74. The van der Waals surface area contributed by atoms with E-state index in [1.165, 1.54) is 28.2 Å². The van der Waals surface area contributed by atoms with Crippen LogP contribution in [0.25, 0.3) is 16.4 Å². The SMILES string of the molecule is N/N=c1\sc(-c2ccccn2)nn1-c1ccc([N+](=O)[O-])cc1. The van der Waals surface area contributed by atoms with Crippen molar-refractivity contribution < 1.29 is 4.92 Å². The van der Waals surface area contributed by atoms with E-state index >= 15 is 0 Å². The normalized spacial score (nSPS) is 11.5. The Hall–Kier alpha value is -3.07. The van der Waals surface area contributed by atoms with E-state index in [1.54, 1.807) is 18.3 Å². The number of benzene rings is 1. The summed E-state index contributed by atoms with van der Waals surface area (Å²) in [5, 5.41) is 19.5. The summed E-state index contributed by atoms with van der Waals surface area (Å²) in [6.07, 6.45) is 1.67. The van der Waals surface area contributed by atoms with Gasteiger partial charge < -0.3 is 5.84 Å². The van der Waals surface area contributed by atoms with Gasteiger partial charge in [-0.05, 0) is 24.3 Å². The Morgan fingerprint density at radius 2 is 2.00 bits per heavy atom. The van der Waals surface area contributed by atoms with Crippen molar-refractivity contribution in [2.45, 2.75) is 0 Å². The molecular weight excluding hydrogens is 304 g/mol. The predicted molar refractivity (Wildman–Crippen MR) is 81.1 cm³/mol. The average Bonchev–Trinajstić information content (AvgIpc) is 3.00. The lowest BCUT2D eigenvalue weighted by atomic mass is 10.3. The summed E-state index contributed by atoms with van der Waals surface area (Å²) in [6.45, 7) is 0. The second-order valence-electron chi connectivity index (χ2n) is 4.22. The fourth-order valence-electron chi connectivity index (χ4n) is 1.84. The number of non-ortho nitro benzene ring substituents is 1. The standard InChI is InChI=1S/C13H10N6O2S/c14-16-13-18(9-4-6-10(7-5-9)19(20)21)17-12(22-13)11-3-1-2-8-15-11/h1-8H,14H2/b16-13-. The van der Waals surface area contributed by atoms with Gasteiger partial charge in [0.05, 0.1) is 10.6 Å². The topological polar surface area (TPSA) is 112 Å². The molecule has 2 N–H and O–H groups in total. The van der Waals surface area contributed by atoms with E-state index in [2.05, 4.69) is 15.2 Å². The van der Waals surface area contributed by atoms with E-state index in [9.17, 15) is 10.1 Å². The molecule has 0 saturated carbocycles. The van der Waals surface area contributed by atoms with Gasteiger partial charge in [-0.15, -0.1) is 0 Å². The van der Waals surface area contributed by atoms with Crippen LogP contribution in [0.4, 0.5) is 5.69 Å². The van der Waals surface area contributed by atoms with Gasteiger partial charge in [-0.2, -0.15) is 10.2 Å². The monoisotopic (exact) mass is 314 g/mol. The largest absolute Gasteiger partial charge is 0.320 e. The zero-order valence-corrected chi connectivity index (χ0v) is 12.0. The third kappa shape index (κ3) is 2.56. The number of nitrogens with two attached hydrogens (primary N) is 1. The number of rotatable bonds is 3. The molecule has 0 bridgehead atoms. The van der Waals surface area contributed by atoms with Crippen LogP contribution in [0.2, 0.25) is 0 Å². The van der Waals surface area contributed by atoms with Crippen LogP contribution in [-0.4, -0.2) is 19.7 Å². The van der Waals surface area contributed by atoms with Gasteiger partial charge >= 0.3 is 0 Å². The van der Waals surface area contributed by atoms with Gasteiger partial charge in [-0.1, -0.05) is 17.4 Å². The van der Waals surface area contributed by atoms with E-state index in [1.807, 2.05) is 18.2 Å². The van der Waals surface area contributed by atoms with Crippen LogP contribution in [0.5, 0.6) is 0 Å². The van der Waals surface area contributed by atoms with Crippen LogP contribution >= 0.6 is 11.3 Å². The van der Waals surface area contributed by atoms with Crippen LogP contribution in [0, 0.1) is 10.1 Å². The maximum absolute atomic E-state index is 10.7. The summed E-state index contributed by atoms with van der Waals surface area (Å²) in [6, 6.07) is 11.5. The highest BCUT2D eigenvalue weighted by molar-refractivity contribution is 7.12. The Labute approximate surface area is 128 Å². The minimum atomic E-state index is -0.455. The molecule has 0 saturated heterocycles. The zero-order valence-electron chi connectivity index (χ0n) is 11.2. The number of nitro groups is 1. The van der Waals surface area contributed by atoms with Crippen LogP contribution in [0.1, 0.15) is 0 Å². The Morgan fingerprint density at radius 1 is 1.23 bits per heavy atom. The van der Waals surface area contributed by atoms with Gasteiger partial charge in [0.15, 0.2) is 5.01 Å². The van der Waals surface area contributed by atoms with Gasteiger partial charge in [0.2, 0.25) is 4.80 Å². The van der Waals surface area contributed by atoms with E-state index in [4.69, 9.17) is 5.84 Å². The molecule has 0 aliphatic heterocycles. The van der Waals surface area contributed by atoms with Gasteiger partial charge in [-0.3, -0.25) is 15.1 Å². The summed E-state index contributed by atoms with van der Waals surface area (Å²) >= 11 is 1.28. The molecule has 9 heteroatoms. The molecule has 8 nitrogen and oxygen atoms in total. The maximum atomic E-state index is 10.7. The van der Waals surface area contributed by atoms with Crippen molar-refractivity contribution in [2.24, 2.45) is 10.9 Å². The minimum Gasteiger partial charge on any atom is -0.320 e. The van der Waals surface area contributed by atoms with Crippen LogP contribution in [0.3, 0.4) is 0 Å². The molecule has 0 fully saturated rings. The number of nitro benzene ring substituents is 1. The lowest BCUT2D eigenvalue weighted by Gasteiger charge is -2.00. The fourth-order valence-corrected chi connectivity index (χ4v) is 2.65. The smallest absolute Gasteiger partial charge is 0.269 e. The lowest BCUT2D eigenvalue weighted by molar-refractivity contribution is -0.384. The average molecular weight is 314 g/mol.